The van der Waals surface area contributed by atoms with Gasteiger partial charge in [0.25, 0.3) is 7.82 Å². The number of phosphoric ester groups is 1. The van der Waals surface area contributed by atoms with Gasteiger partial charge in [-0.25, -0.2) is 0 Å². The van der Waals surface area contributed by atoms with Crippen molar-refractivity contribution in [2.45, 2.75) is 245 Å². The molecule has 9 nitrogen and oxygen atoms in total. The van der Waals surface area contributed by atoms with Gasteiger partial charge in [-0.15, -0.1) is 0 Å². The van der Waals surface area contributed by atoms with E-state index in [9.17, 15) is 19.0 Å². The van der Waals surface area contributed by atoms with Crippen LogP contribution in [-0.4, -0.2) is 69.4 Å². The van der Waals surface area contributed by atoms with Gasteiger partial charge in [-0.05, 0) is 89.5 Å². The monoisotopic (exact) mass is 973 g/mol. The molecule has 394 valence electrons. The van der Waals surface area contributed by atoms with Crippen LogP contribution in [0.25, 0.3) is 0 Å². The van der Waals surface area contributed by atoms with E-state index in [1.54, 1.807) is 0 Å². The highest BCUT2D eigenvalue weighted by atomic mass is 31.2. The van der Waals surface area contributed by atoms with Crippen LogP contribution in [0, 0.1) is 0 Å². The summed E-state index contributed by atoms with van der Waals surface area (Å²) in [5.74, 6) is -0.569. The maximum atomic E-state index is 13.5. The number of nitrogens with one attached hydrogen (secondary N) is 1. The molecule has 0 saturated carbocycles. The Labute approximate surface area is 419 Å². The zero-order chi connectivity index (χ0) is 50.1. The molecule has 3 unspecified atom stereocenters. The number of likely N-dealkylation sites (N-methyl/N-ethyl adjacent to an activating group) is 1. The molecule has 1 amide bonds. The standard InChI is InChI=1S/C58H105N2O7P/c1-7-10-13-16-19-22-25-28-30-31-32-35-38-41-44-47-50-57(61)59-55(54-66-68(63,64)65-53-52-60(4,5)6)56(49-46-43-40-37-34-27-24-21-18-15-12-9-3)67-58(62)51-48-45-42-39-36-33-29-26-23-20-17-14-11-8-2/h10-11,13-14,19-20,22-23,28,30,46,49,55-56H,7-9,12,15-18,21,24-27,29,31-45,47-48,50-54H2,1-6H3,(H-,59,61,63,64)/b13-10+,14-11+,22-19+,23-20+,30-28+,49-46+. The second-order valence-electron chi connectivity index (χ2n) is 19.7. The molecular formula is C58H105N2O7P. The Balaban J connectivity index is 5.40. The first-order valence-electron chi connectivity index (χ1n) is 27.7. The van der Waals surface area contributed by atoms with Gasteiger partial charge in [-0.1, -0.05) is 203 Å². The first-order chi connectivity index (χ1) is 32.9. The summed E-state index contributed by atoms with van der Waals surface area (Å²) < 4.78 is 30.2. The highest BCUT2D eigenvalue weighted by Gasteiger charge is 2.27. The second kappa shape index (κ2) is 48.1. The topological polar surface area (TPSA) is 114 Å². The first-order valence-corrected chi connectivity index (χ1v) is 29.2. The Kier molecular flexibility index (Phi) is 46.3. The Morgan fingerprint density at radius 1 is 0.529 bits per heavy atom. The summed E-state index contributed by atoms with van der Waals surface area (Å²) in [6.45, 7) is 6.60. The van der Waals surface area contributed by atoms with Crippen LogP contribution in [0.1, 0.15) is 233 Å². The molecule has 0 spiro atoms. The molecule has 0 rings (SSSR count). The van der Waals surface area contributed by atoms with Crippen LogP contribution in [0.4, 0.5) is 0 Å². The van der Waals surface area contributed by atoms with Gasteiger partial charge >= 0.3 is 5.97 Å². The number of carbonyl (C=O) groups is 2. The minimum atomic E-state index is -4.70. The number of hydrogen-bond acceptors (Lipinski definition) is 7. The largest absolute Gasteiger partial charge is 0.756 e. The summed E-state index contributed by atoms with van der Waals surface area (Å²) >= 11 is 0. The highest BCUT2D eigenvalue weighted by Crippen LogP contribution is 2.38. The van der Waals surface area contributed by atoms with Crippen molar-refractivity contribution < 1.29 is 37.3 Å². The fourth-order valence-electron chi connectivity index (χ4n) is 7.63. The van der Waals surface area contributed by atoms with Crippen molar-refractivity contribution in [1.29, 1.82) is 0 Å². The van der Waals surface area contributed by atoms with Crippen LogP contribution in [0.5, 0.6) is 0 Å². The average molecular weight is 973 g/mol. The lowest BCUT2D eigenvalue weighted by Gasteiger charge is -2.30. The molecule has 0 aliphatic heterocycles. The summed E-state index contributed by atoms with van der Waals surface area (Å²) in [6.07, 6.45) is 60.0. The van der Waals surface area contributed by atoms with E-state index < -0.39 is 26.6 Å². The molecule has 10 heteroatoms. The van der Waals surface area contributed by atoms with E-state index in [0.29, 0.717) is 17.4 Å². The molecule has 0 aromatic heterocycles. The van der Waals surface area contributed by atoms with Crippen molar-refractivity contribution in [1.82, 2.24) is 5.32 Å². The number of amides is 1. The van der Waals surface area contributed by atoms with E-state index >= 15 is 0 Å². The summed E-state index contributed by atoms with van der Waals surface area (Å²) in [5, 5.41) is 3.01. The molecule has 68 heavy (non-hydrogen) atoms. The Bertz CT molecular complexity index is 1400. The van der Waals surface area contributed by atoms with E-state index in [4.69, 9.17) is 13.8 Å². The third-order valence-electron chi connectivity index (χ3n) is 11.9. The van der Waals surface area contributed by atoms with Crippen molar-refractivity contribution in [2.24, 2.45) is 0 Å². The molecule has 0 aliphatic carbocycles. The van der Waals surface area contributed by atoms with Gasteiger partial charge in [0.15, 0.2) is 0 Å². The average Bonchev–Trinajstić information content (AvgIpc) is 3.29. The second-order valence-corrected chi connectivity index (χ2v) is 21.1. The first kappa shape index (κ1) is 65.5. The van der Waals surface area contributed by atoms with Crippen molar-refractivity contribution in [2.75, 3.05) is 40.9 Å². The number of quaternary nitrogens is 1. The minimum Gasteiger partial charge on any atom is -0.756 e. The van der Waals surface area contributed by atoms with Crippen LogP contribution < -0.4 is 10.2 Å². The maximum absolute atomic E-state index is 13.5. The number of esters is 1. The van der Waals surface area contributed by atoms with Crippen LogP contribution in [0.15, 0.2) is 72.9 Å². The number of hydrogen-bond donors (Lipinski definition) is 1. The predicted molar refractivity (Wildman–Crippen MR) is 288 cm³/mol. The lowest BCUT2D eigenvalue weighted by Crippen LogP contribution is -2.47. The van der Waals surface area contributed by atoms with Gasteiger partial charge in [0, 0.05) is 12.8 Å². The number of allylic oxidation sites excluding steroid dienone is 11. The summed E-state index contributed by atoms with van der Waals surface area (Å²) in [5.41, 5.74) is 0. The number of unbranched alkanes of at least 4 members (excludes halogenated alkanes) is 23. The van der Waals surface area contributed by atoms with Crippen LogP contribution in [0.2, 0.25) is 0 Å². The predicted octanol–water partition coefficient (Wildman–Crippen LogP) is 15.9. The number of phosphoric acid groups is 1. The van der Waals surface area contributed by atoms with Crippen LogP contribution in [0.3, 0.4) is 0 Å². The SMILES string of the molecule is CC/C=C/C/C=C/C/C=C/CCCCCCCCC(=O)NC(COP(=O)([O-])OCC[N+](C)(C)C)C(/C=C/CCCCCCCCCCCC)OC(=O)CCCCCCCCC/C=C/C/C=C/CC. The van der Waals surface area contributed by atoms with Gasteiger partial charge in [-0.2, -0.15) is 0 Å². The molecular weight excluding hydrogens is 868 g/mol. The Morgan fingerprint density at radius 3 is 1.41 bits per heavy atom. The molecule has 1 N–H and O–H groups in total. The highest BCUT2D eigenvalue weighted by molar-refractivity contribution is 7.45. The smallest absolute Gasteiger partial charge is 0.306 e. The minimum absolute atomic E-state index is 0.0290. The molecule has 0 heterocycles. The van der Waals surface area contributed by atoms with Crippen molar-refractivity contribution >= 4 is 19.7 Å². The van der Waals surface area contributed by atoms with Crippen molar-refractivity contribution in [3.8, 4) is 0 Å². The van der Waals surface area contributed by atoms with Gasteiger partial charge in [0.05, 0.1) is 33.8 Å². The van der Waals surface area contributed by atoms with Gasteiger partial charge in [-0.3, -0.25) is 14.2 Å². The Morgan fingerprint density at radius 2 is 0.941 bits per heavy atom. The van der Waals surface area contributed by atoms with E-state index in [-0.39, 0.29) is 24.9 Å². The van der Waals surface area contributed by atoms with Crippen LogP contribution in [-0.2, 0) is 27.9 Å². The maximum Gasteiger partial charge on any atom is 0.306 e. The number of ether oxygens (including phenoxy) is 1. The normalized spacial score (nSPS) is 14.4. The Hall–Kier alpha value is -2.55. The third kappa shape index (κ3) is 48.5. The van der Waals surface area contributed by atoms with Crippen molar-refractivity contribution in [3.05, 3.63) is 72.9 Å². The molecule has 0 aliphatic rings. The van der Waals surface area contributed by atoms with Crippen LogP contribution >= 0.6 is 7.82 Å². The van der Waals surface area contributed by atoms with E-state index in [0.717, 1.165) is 128 Å². The molecule has 0 saturated heterocycles. The third-order valence-corrected chi connectivity index (χ3v) is 12.8. The fraction of sp³-hybridized carbons (Fsp3) is 0.759. The van der Waals surface area contributed by atoms with Gasteiger partial charge in [0.2, 0.25) is 5.91 Å². The molecule has 0 fully saturated rings. The summed E-state index contributed by atoms with van der Waals surface area (Å²) in [7, 11) is 1.16. The molecule has 0 aromatic carbocycles. The van der Waals surface area contributed by atoms with Gasteiger partial charge in [0.1, 0.15) is 19.3 Å². The summed E-state index contributed by atoms with van der Waals surface area (Å²) in [4.78, 5) is 39.8. The zero-order valence-corrected chi connectivity index (χ0v) is 45.7. The van der Waals surface area contributed by atoms with E-state index in [2.05, 4.69) is 86.8 Å². The molecule has 0 bridgehead atoms. The number of carbonyl (C=O) groups excluding carboxylic acids is 2. The van der Waals surface area contributed by atoms with E-state index in [1.807, 2.05) is 33.3 Å². The number of rotatable bonds is 49. The fourth-order valence-corrected chi connectivity index (χ4v) is 8.35. The zero-order valence-electron chi connectivity index (χ0n) is 44.8. The van der Waals surface area contributed by atoms with Gasteiger partial charge < -0.3 is 28.5 Å². The molecule has 0 aromatic rings. The number of nitrogens with zero attached hydrogens (tertiary/aromatic N) is 1. The quantitative estimate of drug-likeness (QED) is 0.0212. The summed E-state index contributed by atoms with van der Waals surface area (Å²) in [6, 6.07) is -0.899. The lowest BCUT2D eigenvalue weighted by atomic mass is 10.0. The lowest BCUT2D eigenvalue weighted by molar-refractivity contribution is -0.870. The molecule has 0 radical (unpaired) electrons. The van der Waals surface area contributed by atoms with E-state index in [1.165, 1.54) is 70.6 Å². The van der Waals surface area contributed by atoms with Crippen molar-refractivity contribution in [3.63, 3.8) is 0 Å². The molecule has 3 atom stereocenters.